The molecule has 0 bridgehead atoms. The van der Waals surface area contributed by atoms with Crippen LogP contribution in [0.3, 0.4) is 0 Å². The first-order valence-corrected chi connectivity index (χ1v) is 5.67. The molecule has 0 atom stereocenters. The molecular formula is C15H14FNO. The number of para-hydroxylation sites is 1. The maximum Gasteiger partial charge on any atom is 0.195 e. The van der Waals surface area contributed by atoms with Gasteiger partial charge in [0.2, 0.25) is 0 Å². The number of anilines is 1. The molecule has 0 aliphatic carbocycles. The van der Waals surface area contributed by atoms with Gasteiger partial charge in [-0.25, -0.2) is 4.39 Å². The van der Waals surface area contributed by atoms with Crippen LogP contribution in [0.1, 0.15) is 27.0 Å². The van der Waals surface area contributed by atoms with Gasteiger partial charge in [0.15, 0.2) is 5.78 Å². The van der Waals surface area contributed by atoms with Gasteiger partial charge in [0.1, 0.15) is 5.82 Å². The predicted molar refractivity (Wildman–Crippen MR) is 70.2 cm³/mol. The molecule has 0 radical (unpaired) electrons. The lowest BCUT2D eigenvalue weighted by Gasteiger charge is -2.09. The molecule has 2 N–H and O–H groups in total. The van der Waals surface area contributed by atoms with Crippen LogP contribution in [0.5, 0.6) is 0 Å². The van der Waals surface area contributed by atoms with Gasteiger partial charge in [-0.3, -0.25) is 4.79 Å². The number of benzene rings is 2. The maximum atomic E-state index is 13.4. The number of carbonyl (C=O) groups excluding carboxylic acids is 1. The lowest BCUT2D eigenvalue weighted by molar-refractivity contribution is 0.103. The van der Waals surface area contributed by atoms with Crippen LogP contribution in [0.4, 0.5) is 10.1 Å². The van der Waals surface area contributed by atoms with Crippen LogP contribution in [0, 0.1) is 19.7 Å². The van der Waals surface area contributed by atoms with Crippen molar-refractivity contribution in [3.05, 3.63) is 64.5 Å². The number of nitrogen functional groups attached to an aromatic ring is 1. The SMILES string of the molecule is Cc1cccc(C(=O)c2cccc(F)c2N)c1C. The van der Waals surface area contributed by atoms with Gasteiger partial charge in [0.25, 0.3) is 0 Å². The highest BCUT2D eigenvalue weighted by atomic mass is 19.1. The average molecular weight is 243 g/mol. The van der Waals surface area contributed by atoms with Crippen molar-refractivity contribution in [3.8, 4) is 0 Å². The van der Waals surface area contributed by atoms with Gasteiger partial charge in [0, 0.05) is 11.1 Å². The number of halogens is 1. The summed E-state index contributed by atoms with van der Waals surface area (Å²) in [5.74, 6) is -0.806. The largest absolute Gasteiger partial charge is 0.396 e. The van der Waals surface area contributed by atoms with Crippen molar-refractivity contribution in [2.24, 2.45) is 0 Å². The highest BCUT2D eigenvalue weighted by Gasteiger charge is 2.16. The summed E-state index contributed by atoms with van der Waals surface area (Å²) in [7, 11) is 0. The molecule has 2 aromatic rings. The summed E-state index contributed by atoms with van der Waals surface area (Å²) in [6.07, 6.45) is 0. The summed E-state index contributed by atoms with van der Waals surface area (Å²) < 4.78 is 13.4. The van der Waals surface area contributed by atoms with E-state index in [4.69, 9.17) is 5.73 Å². The second kappa shape index (κ2) is 4.61. The first-order valence-electron chi connectivity index (χ1n) is 5.67. The van der Waals surface area contributed by atoms with Crippen molar-refractivity contribution in [3.63, 3.8) is 0 Å². The van der Waals surface area contributed by atoms with Gasteiger partial charge >= 0.3 is 0 Å². The molecule has 0 saturated carbocycles. The van der Waals surface area contributed by atoms with Gasteiger partial charge in [0.05, 0.1) is 5.69 Å². The topological polar surface area (TPSA) is 43.1 Å². The van der Waals surface area contributed by atoms with E-state index in [0.717, 1.165) is 11.1 Å². The lowest BCUT2D eigenvalue weighted by Crippen LogP contribution is -2.09. The molecule has 2 rings (SSSR count). The van der Waals surface area contributed by atoms with Crippen LogP contribution >= 0.6 is 0 Å². The number of hydrogen-bond donors (Lipinski definition) is 1. The number of nitrogens with two attached hydrogens (primary N) is 1. The highest BCUT2D eigenvalue weighted by Crippen LogP contribution is 2.22. The maximum absolute atomic E-state index is 13.4. The van der Waals surface area contributed by atoms with Crippen molar-refractivity contribution in [1.29, 1.82) is 0 Å². The number of ketones is 1. The molecule has 0 fully saturated rings. The summed E-state index contributed by atoms with van der Waals surface area (Å²) in [5.41, 5.74) is 8.21. The number of rotatable bonds is 2. The Balaban J connectivity index is 2.55. The summed E-state index contributed by atoms with van der Waals surface area (Å²) >= 11 is 0. The zero-order chi connectivity index (χ0) is 13.3. The van der Waals surface area contributed by atoms with Crippen LogP contribution < -0.4 is 5.73 Å². The second-order valence-electron chi connectivity index (χ2n) is 4.28. The van der Waals surface area contributed by atoms with Crippen molar-refractivity contribution in [2.75, 3.05) is 5.73 Å². The van der Waals surface area contributed by atoms with Crippen LogP contribution in [0.25, 0.3) is 0 Å². The molecular weight excluding hydrogens is 229 g/mol. The normalized spacial score (nSPS) is 10.4. The Kier molecular flexibility index (Phi) is 3.15. The van der Waals surface area contributed by atoms with Gasteiger partial charge < -0.3 is 5.73 Å². The standard InChI is InChI=1S/C15H14FNO/c1-9-5-3-6-11(10(9)2)15(18)12-7-4-8-13(16)14(12)17/h3-8H,17H2,1-2H3. The molecule has 0 aliphatic heterocycles. The second-order valence-corrected chi connectivity index (χ2v) is 4.28. The number of carbonyl (C=O) groups is 1. The first kappa shape index (κ1) is 12.3. The van der Waals surface area contributed by atoms with E-state index in [9.17, 15) is 9.18 Å². The van der Waals surface area contributed by atoms with E-state index in [1.165, 1.54) is 12.1 Å². The minimum atomic E-state index is -0.564. The molecule has 0 aromatic heterocycles. The van der Waals surface area contributed by atoms with Crippen LogP contribution in [0.2, 0.25) is 0 Å². The molecule has 2 nitrogen and oxygen atoms in total. The fourth-order valence-electron chi connectivity index (χ4n) is 1.88. The Morgan fingerprint density at radius 2 is 1.67 bits per heavy atom. The van der Waals surface area contributed by atoms with Crippen molar-refractivity contribution in [1.82, 2.24) is 0 Å². The molecule has 18 heavy (non-hydrogen) atoms. The molecule has 0 aliphatic rings. The molecule has 0 saturated heterocycles. The molecule has 0 amide bonds. The Morgan fingerprint density at radius 1 is 1.06 bits per heavy atom. The van der Waals surface area contributed by atoms with Crippen molar-refractivity contribution >= 4 is 11.5 Å². The van der Waals surface area contributed by atoms with E-state index in [0.29, 0.717) is 5.56 Å². The molecule has 3 heteroatoms. The van der Waals surface area contributed by atoms with Gasteiger partial charge in [-0.15, -0.1) is 0 Å². The quantitative estimate of drug-likeness (QED) is 0.650. The van der Waals surface area contributed by atoms with Gasteiger partial charge in [-0.05, 0) is 37.1 Å². The van der Waals surface area contributed by atoms with E-state index >= 15 is 0 Å². The third-order valence-electron chi connectivity index (χ3n) is 3.15. The van der Waals surface area contributed by atoms with Crippen molar-refractivity contribution < 1.29 is 9.18 Å². The molecule has 92 valence electrons. The zero-order valence-corrected chi connectivity index (χ0v) is 10.3. The summed E-state index contributed by atoms with van der Waals surface area (Å²) in [6, 6.07) is 9.75. The fourth-order valence-corrected chi connectivity index (χ4v) is 1.88. The zero-order valence-electron chi connectivity index (χ0n) is 10.3. The van der Waals surface area contributed by atoms with E-state index in [-0.39, 0.29) is 17.0 Å². The first-order chi connectivity index (χ1) is 8.52. The summed E-state index contributed by atoms with van der Waals surface area (Å²) in [5, 5.41) is 0. The Hall–Kier alpha value is -2.16. The Morgan fingerprint density at radius 3 is 2.39 bits per heavy atom. The fraction of sp³-hybridized carbons (Fsp3) is 0.133. The third-order valence-corrected chi connectivity index (χ3v) is 3.15. The summed E-state index contributed by atoms with van der Waals surface area (Å²) in [4.78, 5) is 12.3. The van der Waals surface area contributed by atoms with Crippen molar-refractivity contribution in [2.45, 2.75) is 13.8 Å². The lowest BCUT2D eigenvalue weighted by atomic mass is 9.95. The van der Waals surface area contributed by atoms with E-state index in [2.05, 4.69) is 0 Å². The van der Waals surface area contributed by atoms with E-state index in [1.54, 1.807) is 12.1 Å². The number of hydrogen-bond acceptors (Lipinski definition) is 2. The highest BCUT2D eigenvalue weighted by molar-refractivity contribution is 6.13. The monoisotopic (exact) mass is 243 g/mol. The van der Waals surface area contributed by atoms with Gasteiger partial charge in [-0.1, -0.05) is 24.3 Å². The number of aryl methyl sites for hydroxylation is 1. The minimum Gasteiger partial charge on any atom is -0.396 e. The minimum absolute atomic E-state index is 0.0941. The van der Waals surface area contributed by atoms with E-state index in [1.807, 2.05) is 26.0 Å². The third kappa shape index (κ3) is 1.99. The van der Waals surface area contributed by atoms with E-state index < -0.39 is 5.82 Å². The predicted octanol–water partition coefficient (Wildman–Crippen LogP) is 3.26. The Bertz CT molecular complexity index is 566. The van der Waals surface area contributed by atoms with Crippen LogP contribution in [-0.4, -0.2) is 5.78 Å². The smallest absolute Gasteiger partial charge is 0.195 e. The molecule has 0 heterocycles. The molecule has 0 unspecified atom stereocenters. The van der Waals surface area contributed by atoms with Crippen LogP contribution in [-0.2, 0) is 0 Å². The van der Waals surface area contributed by atoms with Crippen LogP contribution in [0.15, 0.2) is 36.4 Å². The summed E-state index contributed by atoms with van der Waals surface area (Å²) in [6.45, 7) is 3.80. The Labute approximate surface area is 105 Å². The molecule has 2 aromatic carbocycles. The molecule has 0 spiro atoms. The average Bonchev–Trinajstić information content (AvgIpc) is 2.35. The van der Waals surface area contributed by atoms with Gasteiger partial charge in [-0.2, -0.15) is 0 Å².